The van der Waals surface area contributed by atoms with E-state index < -0.39 is 43.3 Å². The summed E-state index contributed by atoms with van der Waals surface area (Å²) in [6, 6.07) is 0. The molecule has 0 aromatic heterocycles. The zero-order chi connectivity index (χ0) is 16.9. The second-order valence-corrected chi connectivity index (χ2v) is 8.84. The molecular formula is C12H25N2O6P. The molecule has 0 aliphatic heterocycles. The lowest BCUT2D eigenvalue weighted by Crippen LogP contribution is -2.36. The first-order chi connectivity index (χ1) is 9.20. The number of amides is 2. The molecule has 0 rings (SSSR count). The van der Waals surface area contributed by atoms with E-state index in [1.807, 2.05) is 0 Å². The summed E-state index contributed by atoms with van der Waals surface area (Å²) in [5.74, 6) is 0. The molecular weight excluding hydrogens is 299 g/mol. The highest BCUT2D eigenvalue weighted by Gasteiger charge is 2.24. The molecule has 0 heterocycles. The van der Waals surface area contributed by atoms with Crippen molar-refractivity contribution in [1.82, 2.24) is 10.6 Å². The highest BCUT2D eigenvalue weighted by molar-refractivity contribution is 7.57. The van der Waals surface area contributed by atoms with E-state index in [1.165, 1.54) is 0 Å². The maximum atomic E-state index is 11.8. The van der Waals surface area contributed by atoms with Gasteiger partial charge in [-0.3, -0.25) is 4.57 Å². The molecule has 0 aromatic carbocycles. The highest BCUT2D eigenvalue weighted by atomic mass is 31.2. The molecule has 124 valence electrons. The van der Waals surface area contributed by atoms with E-state index in [0.29, 0.717) is 0 Å². The molecule has 0 radical (unpaired) electrons. The van der Waals surface area contributed by atoms with E-state index in [4.69, 9.17) is 9.47 Å². The van der Waals surface area contributed by atoms with Gasteiger partial charge in [0.1, 0.15) is 11.2 Å². The molecule has 0 atom stereocenters. The quantitative estimate of drug-likeness (QED) is 0.683. The molecule has 2 amide bonds. The first-order valence-corrected chi connectivity index (χ1v) is 8.48. The molecule has 21 heavy (non-hydrogen) atoms. The van der Waals surface area contributed by atoms with Crippen molar-refractivity contribution in [2.75, 3.05) is 12.6 Å². The Kier molecular flexibility index (Phi) is 6.70. The van der Waals surface area contributed by atoms with Crippen molar-refractivity contribution in [3.8, 4) is 0 Å². The Morgan fingerprint density at radius 2 is 1.19 bits per heavy atom. The fourth-order valence-corrected chi connectivity index (χ4v) is 1.92. The Morgan fingerprint density at radius 3 is 1.43 bits per heavy atom. The van der Waals surface area contributed by atoms with Crippen LogP contribution in [0.5, 0.6) is 0 Å². The van der Waals surface area contributed by atoms with E-state index in [0.717, 1.165) is 0 Å². The third-order valence-electron chi connectivity index (χ3n) is 1.74. The monoisotopic (exact) mass is 324 g/mol. The standard InChI is InChI=1S/C12H25N2O6P/c1-11(2,3)19-9(15)13-7-21(17,18)8-14-10(16)20-12(4,5)6/h7-8H2,1-6H3,(H,13,15)(H,14,16)(H,17,18). The average molecular weight is 324 g/mol. The zero-order valence-corrected chi connectivity index (χ0v) is 14.2. The molecule has 0 saturated heterocycles. The lowest BCUT2D eigenvalue weighted by atomic mass is 10.2. The molecule has 0 bridgehead atoms. The molecule has 0 unspecified atom stereocenters. The molecule has 8 nitrogen and oxygen atoms in total. The van der Waals surface area contributed by atoms with Gasteiger partial charge in [-0.05, 0) is 41.5 Å². The predicted molar refractivity (Wildman–Crippen MR) is 78.3 cm³/mol. The molecule has 0 aromatic rings. The Labute approximate surface area is 125 Å². The first-order valence-electron chi connectivity index (χ1n) is 6.45. The number of nitrogens with one attached hydrogen (secondary N) is 2. The minimum Gasteiger partial charge on any atom is -0.444 e. The number of hydrogen-bond donors (Lipinski definition) is 3. The minimum atomic E-state index is -3.76. The maximum absolute atomic E-state index is 11.8. The van der Waals surface area contributed by atoms with Crippen LogP contribution in [0.1, 0.15) is 41.5 Å². The fraction of sp³-hybridized carbons (Fsp3) is 0.833. The Bertz CT molecular complexity index is 388. The van der Waals surface area contributed by atoms with Gasteiger partial charge in [0, 0.05) is 0 Å². The van der Waals surface area contributed by atoms with Crippen LogP contribution in [0.3, 0.4) is 0 Å². The largest absolute Gasteiger partial charge is 0.444 e. The van der Waals surface area contributed by atoms with Crippen LogP contribution in [-0.4, -0.2) is 40.9 Å². The number of alkyl carbamates (subject to hydrolysis) is 2. The molecule has 0 spiro atoms. The van der Waals surface area contributed by atoms with Crippen LogP contribution in [0.4, 0.5) is 9.59 Å². The van der Waals surface area contributed by atoms with Crippen LogP contribution in [0.25, 0.3) is 0 Å². The molecule has 0 saturated carbocycles. The van der Waals surface area contributed by atoms with Crippen molar-refractivity contribution < 1.29 is 28.5 Å². The summed E-state index contributed by atoms with van der Waals surface area (Å²) in [4.78, 5) is 32.3. The Hall–Kier alpha value is -1.27. The van der Waals surface area contributed by atoms with Crippen molar-refractivity contribution >= 4 is 19.6 Å². The van der Waals surface area contributed by atoms with Crippen LogP contribution >= 0.6 is 7.37 Å². The lowest BCUT2D eigenvalue weighted by Gasteiger charge is -2.22. The zero-order valence-electron chi connectivity index (χ0n) is 13.3. The van der Waals surface area contributed by atoms with Crippen LogP contribution in [0.2, 0.25) is 0 Å². The molecule has 3 N–H and O–H groups in total. The predicted octanol–water partition coefficient (Wildman–Crippen LogP) is 2.22. The highest BCUT2D eigenvalue weighted by Crippen LogP contribution is 2.37. The van der Waals surface area contributed by atoms with Gasteiger partial charge in [0.25, 0.3) is 0 Å². The second-order valence-electron chi connectivity index (χ2n) is 6.52. The van der Waals surface area contributed by atoms with Crippen molar-refractivity contribution in [2.45, 2.75) is 52.7 Å². The van der Waals surface area contributed by atoms with Gasteiger partial charge in [0.05, 0.1) is 12.6 Å². The van der Waals surface area contributed by atoms with Crippen LogP contribution < -0.4 is 10.6 Å². The van der Waals surface area contributed by atoms with Gasteiger partial charge in [0.15, 0.2) is 0 Å². The van der Waals surface area contributed by atoms with Crippen molar-refractivity contribution in [1.29, 1.82) is 0 Å². The summed E-state index contributed by atoms with van der Waals surface area (Å²) in [5, 5.41) is 4.37. The summed E-state index contributed by atoms with van der Waals surface area (Å²) >= 11 is 0. The van der Waals surface area contributed by atoms with Gasteiger partial charge in [-0.2, -0.15) is 0 Å². The summed E-state index contributed by atoms with van der Waals surface area (Å²) in [5.41, 5.74) is -1.39. The van der Waals surface area contributed by atoms with Gasteiger partial charge in [-0.25, -0.2) is 9.59 Å². The third kappa shape index (κ3) is 12.2. The van der Waals surface area contributed by atoms with E-state index in [2.05, 4.69) is 10.6 Å². The van der Waals surface area contributed by atoms with E-state index in [9.17, 15) is 19.0 Å². The van der Waals surface area contributed by atoms with Crippen molar-refractivity contribution in [3.63, 3.8) is 0 Å². The topological polar surface area (TPSA) is 114 Å². The van der Waals surface area contributed by atoms with Crippen LogP contribution in [0, 0.1) is 0 Å². The molecule has 0 fully saturated rings. The first kappa shape index (κ1) is 19.7. The third-order valence-corrected chi connectivity index (χ3v) is 3.04. The molecule has 0 aliphatic rings. The fourth-order valence-electron chi connectivity index (χ4n) is 1.06. The summed E-state index contributed by atoms with van der Waals surface area (Å²) in [6.07, 6.45) is -2.60. The summed E-state index contributed by atoms with van der Waals surface area (Å²) < 4.78 is 21.6. The average Bonchev–Trinajstić information content (AvgIpc) is 2.19. The number of carbonyl (C=O) groups is 2. The number of ether oxygens (including phenoxy) is 2. The normalized spacial score (nSPS) is 12.5. The molecule has 0 aliphatic carbocycles. The van der Waals surface area contributed by atoms with E-state index in [1.54, 1.807) is 41.5 Å². The Morgan fingerprint density at radius 1 is 0.905 bits per heavy atom. The number of carbonyl (C=O) groups excluding carboxylic acids is 2. The summed E-state index contributed by atoms with van der Waals surface area (Å²) in [6.45, 7) is 10.1. The van der Waals surface area contributed by atoms with Gasteiger partial charge >= 0.3 is 12.2 Å². The maximum Gasteiger partial charge on any atom is 0.408 e. The van der Waals surface area contributed by atoms with Crippen LogP contribution in [0.15, 0.2) is 0 Å². The van der Waals surface area contributed by atoms with Gasteiger partial charge in [-0.15, -0.1) is 0 Å². The minimum absolute atomic E-state index is 0.502. The number of hydrogen-bond acceptors (Lipinski definition) is 5. The van der Waals surface area contributed by atoms with Gasteiger partial charge < -0.3 is 25.0 Å². The van der Waals surface area contributed by atoms with Crippen molar-refractivity contribution in [2.24, 2.45) is 0 Å². The molecule has 9 heteroatoms. The van der Waals surface area contributed by atoms with Gasteiger partial charge in [-0.1, -0.05) is 0 Å². The van der Waals surface area contributed by atoms with Gasteiger partial charge in [0.2, 0.25) is 7.37 Å². The summed E-state index contributed by atoms with van der Waals surface area (Å²) in [7, 11) is -3.76. The smallest absolute Gasteiger partial charge is 0.408 e. The Balaban J connectivity index is 4.18. The van der Waals surface area contributed by atoms with E-state index in [-0.39, 0.29) is 0 Å². The lowest BCUT2D eigenvalue weighted by molar-refractivity contribution is 0.0530. The number of rotatable bonds is 4. The second kappa shape index (κ2) is 7.13. The van der Waals surface area contributed by atoms with E-state index >= 15 is 0 Å². The van der Waals surface area contributed by atoms with Crippen LogP contribution in [-0.2, 0) is 14.0 Å². The van der Waals surface area contributed by atoms with Crippen molar-refractivity contribution in [3.05, 3.63) is 0 Å². The SMILES string of the molecule is CC(C)(C)OC(=O)NCP(=O)(O)CNC(=O)OC(C)(C)C.